The lowest BCUT2D eigenvalue weighted by atomic mass is 10.1. The zero-order valence-corrected chi connectivity index (χ0v) is 11.5. The van der Waals surface area contributed by atoms with E-state index < -0.39 is 0 Å². The summed E-state index contributed by atoms with van der Waals surface area (Å²) >= 11 is 0. The van der Waals surface area contributed by atoms with Gasteiger partial charge in [-0.05, 0) is 31.2 Å². The molecule has 0 aliphatic rings. The normalized spacial score (nSPS) is 10.7. The summed E-state index contributed by atoms with van der Waals surface area (Å²) in [6, 6.07) is 8.04. The number of hydrogen-bond acceptors (Lipinski definition) is 4. The van der Waals surface area contributed by atoms with Gasteiger partial charge in [0.2, 0.25) is 0 Å². The van der Waals surface area contributed by atoms with Gasteiger partial charge in [-0.2, -0.15) is 5.10 Å². The second-order valence-corrected chi connectivity index (χ2v) is 4.36. The minimum atomic E-state index is 0.592. The molecular formula is C14H20N4O. The summed E-state index contributed by atoms with van der Waals surface area (Å²) in [4.78, 5) is 4.49. The largest absolute Gasteiger partial charge is 0.494 e. The maximum Gasteiger partial charge on any atom is 0.155 e. The molecule has 1 aromatic carbocycles. The molecular weight excluding hydrogens is 240 g/mol. The van der Waals surface area contributed by atoms with E-state index in [4.69, 9.17) is 10.5 Å². The Morgan fingerprint density at radius 3 is 2.63 bits per heavy atom. The Hall–Kier alpha value is -1.88. The highest BCUT2D eigenvalue weighted by Gasteiger charge is 2.07. The monoisotopic (exact) mass is 260 g/mol. The average Bonchev–Trinajstić information content (AvgIpc) is 2.73. The van der Waals surface area contributed by atoms with E-state index in [2.05, 4.69) is 10.1 Å². The average molecular weight is 260 g/mol. The molecule has 1 aromatic heterocycles. The van der Waals surface area contributed by atoms with Gasteiger partial charge in [-0.15, -0.1) is 0 Å². The van der Waals surface area contributed by atoms with E-state index in [0.717, 1.165) is 30.2 Å². The molecule has 0 bridgehead atoms. The van der Waals surface area contributed by atoms with Crippen LogP contribution in [0.1, 0.15) is 24.1 Å². The van der Waals surface area contributed by atoms with Gasteiger partial charge in [0.1, 0.15) is 11.6 Å². The fourth-order valence-electron chi connectivity index (χ4n) is 1.95. The molecule has 1 heterocycles. The number of aromatic nitrogens is 3. The smallest absolute Gasteiger partial charge is 0.155 e. The van der Waals surface area contributed by atoms with E-state index in [9.17, 15) is 0 Å². The van der Waals surface area contributed by atoms with Crippen LogP contribution in [0.3, 0.4) is 0 Å². The molecule has 0 unspecified atom stereocenters. The van der Waals surface area contributed by atoms with Crippen LogP contribution in [0.25, 0.3) is 0 Å². The highest BCUT2D eigenvalue weighted by molar-refractivity contribution is 5.28. The highest BCUT2D eigenvalue weighted by atomic mass is 16.5. The fraction of sp³-hybridized carbons (Fsp3) is 0.429. The second kappa shape index (κ2) is 6.33. The Morgan fingerprint density at radius 1 is 1.26 bits per heavy atom. The van der Waals surface area contributed by atoms with Crippen molar-refractivity contribution < 1.29 is 4.74 Å². The zero-order valence-electron chi connectivity index (χ0n) is 11.5. The van der Waals surface area contributed by atoms with Crippen LogP contribution in [-0.2, 0) is 19.9 Å². The van der Waals surface area contributed by atoms with Crippen LogP contribution in [0.15, 0.2) is 24.3 Å². The Balaban J connectivity index is 2.05. The first kappa shape index (κ1) is 13.5. The number of nitrogens with two attached hydrogens (primary N) is 1. The molecule has 0 radical (unpaired) electrons. The van der Waals surface area contributed by atoms with E-state index in [0.29, 0.717) is 13.2 Å². The number of nitrogens with zero attached hydrogens (tertiary/aromatic N) is 3. The van der Waals surface area contributed by atoms with E-state index in [1.807, 2.05) is 38.2 Å². The molecule has 0 amide bonds. The number of rotatable bonds is 6. The number of ether oxygens (including phenoxy) is 1. The molecule has 0 fully saturated rings. The van der Waals surface area contributed by atoms with Crippen molar-refractivity contribution in [2.75, 3.05) is 13.2 Å². The Morgan fingerprint density at radius 2 is 2.00 bits per heavy atom. The first-order valence-corrected chi connectivity index (χ1v) is 6.53. The van der Waals surface area contributed by atoms with Crippen molar-refractivity contribution in [3.8, 4) is 5.75 Å². The van der Waals surface area contributed by atoms with E-state index in [-0.39, 0.29) is 0 Å². The third-order valence-electron chi connectivity index (χ3n) is 2.86. The van der Waals surface area contributed by atoms with Crippen molar-refractivity contribution in [1.82, 2.24) is 14.8 Å². The van der Waals surface area contributed by atoms with Gasteiger partial charge in [-0.1, -0.05) is 12.1 Å². The lowest BCUT2D eigenvalue weighted by molar-refractivity contribution is 0.340. The summed E-state index contributed by atoms with van der Waals surface area (Å²) in [5.41, 5.74) is 6.72. The minimum Gasteiger partial charge on any atom is -0.494 e. The highest BCUT2D eigenvalue weighted by Crippen LogP contribution is 2.14. The van der Waals surface area contributed by atoms with Gasteiger partial charge in [0, 0.05) is 19.9 Å². The molecule has 5 heteroatoms. The second-order valence-electron chi connectivity index (χ2n) is 4.36. The predicted octanol–water partition coefficient (Wildman–Crippen LogP) is 1.31. The maximum atomic E-state index is 5.54. The van der Waals surface area contributed by atoms with Crippen molar-refractivity contribution in [1.29, 1.82) is 0 Å². The van der Waals surface area contributed by atoms with Crippen molar-refractivity contribution in [3.05, 3.63) is 41.5 Å². The van der Waals surface area contributed by atoms with Gasteiger partial charge in [-0.3, -0.25) is 4.68 Å². The Labute approximate surface area is 113 Å². The van der Waals surface area contributed by atoms with Crippen LogP contribution >= 0.6 is 0 Å². The molecule has 2 aromatic rings. The molecule has 5 nitrogen and oxygen atoms in total. The summed E-state index contributed by atoms with van der Waals surface area (Å²) < 4.78 is 7.22. The number of aryl methyl sites for hydroxylation is 1. The van der Waals surface area contributed by atoms with Gasteiger partial charge in [-0.25, -0.2) is 4.98 Å². The molecule has 2 rings (SSSR count). The fourth-order valence-corrected chi connectivity index (χ4v) is 1.95. The van der Waals surface area contributed by atoms with Crippen LogP contribution < -0.4 is 10.5 Å². The standard InChI is InChI=1S/C14H20N4O/c1-3-19-12-6-4-11(5-7-12)10-13-16-14(8-9-15)18(2)17-13/h4-7H,3,8-10,15H2,1-2H3. The van der Waals surface area contributed by atoms with Crippen molar-refractivity contribution >= 4 is 0 Å². The molecule has 19 heavy (non-hydrogen) atoms. The lowest BCUT2D eigenvalue weighted by Gasteiger charge is -2.03. The van der Waals surface area contributed by atoms with Crippen LogP contribution in [0, 0.1) is 0 Å². The first-order valence-electron chi connectivity index (χ1n) is 6.53. The van der Waals surface area contributed by atoms with Crippen LogP contribution in [0.2, 0.25) is 0 Å². The lowest BCUT2D eigenvalue weighted by Crippen LogP contribution is -2.08. The molecule has 0 aliphatic heterocycles. The quantitative estimate of drug-likeness (QED) is 0.850. The van der Waals surface area contributed by atoms with E-state index >= 15 is 0 Å². The van der Waals surface area contributed by atoms with Gasteiger partial charge in [0.05, 0.1) is 6.61 Å². The van der Waals surface area contributed by atoms with E-state index in [1.54, 1.807) is 4.68 Å². The molecule has 102 valence electrons. The first-order chi connectivity index (χ1) is 9.22. The molecule has 0 spiro atoms. The SMILES string of the molecule is CCOc1ccc(Cc2nc(CCN)n(C)n2)cc1. The molecule has 0 saturated carbocycles. The molecule has 0 saturated heterocycles. The topological polar surface area (TPSA) is 66.0 Å². The summed E-state index contributed by atoms with van der Waals surface area (Å²) in [5.74, 6) is 2.66. The molecule has 0 aliphatic carbocycles. The number of benzene rings is 1. The van der Waals surface area contributed by atoms with Gasteiger partial charge >= 0.3 is 0 Å². The summed E-state index contributed by atoms with van der Waals surface area (Å²) in [6.45, 7) is 3.25. The maximum absolute atomic E-state index is 5.54. The van der Waals surface area contributed by atoms with Crippen LogP contribution in [-0.4, -0.2) is 27.9 Å². The van der Waals surface area contributed by atoms with Gasteiger partial charge < -0.3 is 10.5 Å². The van der Waals surface area contributed by atoms with E-state index in [1.165, 1.54) is 5.56 Å². The summed E-state index contributed by atoms with van der Waals surface area (Å²) in [5, 5.41) is 4.40. The Bertz CT molecular complexity index is 519. The summed E-state index contributed by atoms with van der Waals surface area (Å²) in [7, 11) is 1.90. The zero-order chi connectivity index (χ0) is 13.7. The van der Waals surface area contributed by atoms with Gasteiger partial charge in [0.25, 0.3) is 0 Å². The van der Waals surface area contributed by atoms with Crippen molar-refractivity contribution in [2.45, 2.75) is 19.8 Å². The van der Waals surface area contributed by atoms with Crippen molar-refractivity contribution in [3.63, 3.8) is 0 Å². The molecule has 2 N–H and O–H groups in total. The van der Waals surface area contributed by atoms with Gasteiger partial charge in [0.15, 0.2) is 5.82 Å². The predicted molar refractivity (Wildman–Crippen MR) is 74.2 cm³/mol. The Kier molecular flexibility index (Phi) is 4.52. The minimum absolute atomic E-state index is 0.592. The molecule has 0 atom stereocenters. The third kappa shape index (κ3) is 3.54. The van der Waals surface area contributed by atoms with Crippen LogP contribution in [0.4, 0.5) is 0 Å². The van der Waals surface area contributed by atoms with Crippen molar-refractivity contribution in [2.24, 2.45) is 12.8 Å². The summed E-state index contributed by atoms with van der Waals surface area (Å²) in [6.07, 6.45) is 1.48. The number of hydrogen-bond donors (Lipinski definition) is 1. The third-order valence-corrected chi connectivity index (χ3v) is 2.86. The van der Waals surface area contributed by atoms with Crippen LogP contribution in [0.5, 0.6) is 5.75 Å².